The largest absolute Gasteiger partial charge is 0.492 e. The first-order chi connectivity index (χ1) is 10.3. The number of benzene rings is 1. The zero-order chi connectivity index (χ0) is 14.9. The van der Waals surface area contributed by atoms with Gasteiger partial charge in [-0.3, -0.25) is 4.90 Å². The molecule has 0 unspecified atom stereocenters. The Balaban J connectivity index is 1.69. The standard InChI is InChI=1S/C18H26N2O/c1-2-16-9-12-20(13-10-16)14-15-21-18-7-5-17(6-8-18)4-3-11-19/h5-8,16H,2,9-15,19H2,1H3. The first-order valence-electron chi connectivity index (χ1n) is 7.96. The Morgan fingerprint density at radius 2 is 1.95 bits per heavy atom. The van der Waals surface area contributed by atoms with Crippen LogP contribution >= 0.6 is 0 Å². The Bertz CT molecular complexity index is 464. The minimum absolute atomic E-state index is 0.396. The number of ether oxygens (including phenoxy) is 1. The molecule has 3 heteroatoms. The molecule has 2 rings (SSSR count). The predicted octanol–water partition coefficient (Wildman–Crippen LogP) is 2.50. The summed E-state index contributed by atoms with van der Waals surface area (Å²) in [7, 11) is 0. The van der Waals surface area contributed by atoms with Crippen molar-refractivity contribution in [3.63, 3.8) is 0 Å². The first kappa shape index (κ1) is 15.9. The van der Waals surface area contributed by atoms with Gasteiger partial charge in [-0.05, 0) is 56.1 Å². The molecule has 1 aromatic carbocycles. The molecule has 1 heterocycles. The van der Waals surface area contributed by atoms with Crippen LogP contribution in [0.1, 0.15) is 31.7 Å². The monoisotopic (exact) mass is 286 g/mol. The third-order valence-electron chi connectivity index (χ3n) is 4.15. The highest BCUT2D eigenvalue weighted by atomic mass is 16.5. The maximum Gasteiger partial charge on any atom is 0.119 e. The molecule has 0 spiro atoms. The number of likely N-dealkylation sites (tertiary alicyclic amines) is 1. The lowest BCUT2D eigenvalue weighted by Gasteiger charge is -2.31. The number of nitrogens with zero attached hydrogens (tertiary/aromatic N) is 1. The van der Waals surface area contributed by atoms with Gasteiger partial charge < -0.3 is 10.5 Å². The van der Waals surface area contributed by atoms with Crippen LogP contribution in [-0.2, 0) is 0 Å². The molecule has 0 aliphatic carbocycles. The van der Waals surface area contributed by atoms with Crippen LogP contribution in [0.25, 0.3) is 0 Å². The Morgan fingerprint density at radius 3 is 2.57 bits per heavy atom. The van der Waals surface area contributed by atoms with E-state index in [0.29, 0.717) is 6.54 Å². The van der Waals surface area contributed by atoms with Crippen LogP contribution < -0.4 is 10.5 Å². The van der Waals surface area contributed by atoms with E-state index in [-0.39, 0.29) is 0 Å². The maximum atomic E-state index is 5.81. The topological polar surface area (TPSA) is 38.5 Å². The van der Waals surface area contributed by atoms with Gasteiger partial charge in [0, 0.05) is 12.1 Å². The molecule has 3 nitrogen and oxygen atoms in total. The number of rotatable bonds is 5. The minimum atomic E-state index is 0.396. The summed E-state index contributed by atoms with van der Waals surface area (Å²) in [5.41, 5.74) is 6.34. The van der Waals surface area contributed by atoms with Crippen LogP contribution in [0.15, 0.2) is 24.3 Å². The molecule has 114 valence electrons. The van der Waals surface area contributed by atoms with Crippen molar-refractivity contribution >= 4 is 0 Å². The summed E-state index contributed by atoms with van der Waals surface area (Å²) in [5, 5.41) is 0. The summed E-state index contributed by atoms with van der Waals surface area (Å²) in [5.74, 6) is 7.71. The van der Waals surface area contributed by atoms with E-state index in [4.69, 9.17) is 10.5 Å². The molecule has 0 saturated carbocycles. The number of piperidine rings is 1. The van der Waals surface area contributed by atoms with E-state index >= 15 is 0 Å². The van der Waals surface area contributed by atoms with Gasteiger partial charge in [0.05, 0.1) is 6.54 Å². The van der Waals surface area contributed by atoms with Crippen molar-refractivity contribution in [2.24, 2.45) is 11.7 Å². The van der Waals surface area contributed by atoms with Gasteiger partial charge >= 0.3 is 0 Å². The molecule has 0 amide bonds. The summed E-state index contributed by atoms with van der Waals surface area (Å²) in [6, 6.07) is 7.91. The van der Waals surface area contributed by atoms with Crippen LogP contribution in [0.4, 0.5) is 0 Å². The van der Waals surface area contributed by atoms with Crippen molar-refractivity contribution in [2.75, 3.05) is 32.8 Å². The van der Waals surface area contributed by atoms with Gasteiger partial charge in [0.15, 0.2) is 0 Å². The van der Waals surface area contributed by atoms with Crippen molar-refractivity contribution in [3.8, 4) is 17.6 Å². The molecule has 1 fully saturated rings. The highest BCUT2D eigenvalue weighted by Crippen LogP contribution is 2.19. The lowest BCUT2D eigenvalue weighted by atomic mass is 9.94. The third-order valence-corrected chi connectivity index (χ3v) is 4.15. The Hall–Kier alpha value is -1.50. The minimum Gasteiger partial charge on any atom is -0.492 e. The van der Waals surface area contributed by atoms with Gasteiger partial charge in [0.1, 0.15) is 12.4 Å². The zero-order valence-electron chi connectivity index (χ0n) is 13.0. The maximum absolute atomic E-state index is 5.81. The SMILES string of the molecule is CCC1CCN(CCOc2ccc(C#CCN)cc2)CC1. The van der Waals surface area contributed by atoms with E-state index in [1.54, 1.807) is 0 Å². The predicted molar refractivity (Wildman–Crippen MR) is 87.3 cm³/mol. The summed E-state index contributed by atoms with van der Waals surface area (Å²) >= 11 is 0. The summed E-state index contributed by atoms with van der Waals surface area (Å²) in [6.07, 6.45) is 4.00. The van der Waals surface area contributed by atoms with E-state index in [2.05, 4.69) is 23.7 Å². The second kappa shape index (κ2) is 8.71. The lowest BCUT2D eigenvalue weighted by molar-refractivity contribution is 0.153. The second-order valence-corrected chi connectivity index (χ2v) is 5.57. The fraction of sp³-hybridized carbons (Fsp3) is 0.556. The van der Waals surface area contributed by atoms with Crippen molar-refractivity contribution < 1.29 is 4.74 Å². The molecular formula is C18H26N2O. The van der Waals surface area contributed by atoms with Gasteiger partial charge in [-0.15, -0.1) is 0 Å². The van der Waals surface area contributed by atoms with Crippen molar-refractivity contribution in [2.45, 2.75) is 26.2 Å². The number of hydrogen-bond donors (Lipinski definition) is 1. The Labute approximate surface area is 128 Å². The summed E-state index contributed by atoms with van der Waals surface area (Å²) < 4.78 is 5.81. The summed E-state index contributed by atoms with van der Waals surface area (Å²) in [6.45, 7) is 6.90. The van der Waals surface area contributed by atoms with Gasteiger partial charge in [-0.1, -0.05) is 25.2 Å². The van der Waals surface area contributed by atoms with Crippen LogP contribution in [0, 0.1) is 17.8 Å². The van der Waals surface area contributed by atoms with E-state index in [1.165, 1.54) is 32.4 Å². The molecule has 1 aliphatic heterocycles. The molecule has 2 N–H and O–H groups in total. The smallest absolute Gasteiger partial charge is 0.119 e. The number of nitrogens with two attached hydrogens (primary N) is 1. The molecule has 0 aromatic heterocycles. The average Bonchev–Trinajstić information content (AvgIpc) is 2.55. The van der Waals surface area contributed by atoms with Crippen LogP contribution in [0.3, 0.4) is 0 Å². The van der Waals surface area contributed by atoms with Gasteiger partial charge in [0.25, 0.3) is 0 Å². The van der Waals surface area contributed by atoms with Gasteiger partial charge in [-0.25, -0.2) is 0 Å². The van der Waals surface area contributed by atoms with E-state index in [9.17, 15) is 0 Å². The quantitative estimate of drug-likeness (QED) is 0.845. The Morgan fingerprint density at radius 1 is 1.24 bits per heavy atom. The second-order valence-electron chi connectivity index (χ2n) is 5.57. The van der Waals surface area contributed by atoms with Crippen LogP contribution in [-0.4, -0.2) is 37.7 Å². The molecule has 1 aromatic rings. The molecular weight excluding hydrogens is 260 g/mol. The van der Waals surface area contributed by atoms with E-state index in [0.717, 1.165) is 30.4 Å². The fourth-order valence-electron chi connectivity index (χ4n) is 2.70. The third kappa shape index (κ3) is 5.41. The van der Waals surface area contributed by atoms with Crippen LogP contribution in [0.5, 0.6) is 5.75 Å². The molecule has 0 radical (unpaired) electrons. The van der Waals surface area contributed by atoms with Gasteiger partial charge in [0.2, 0.25) is 0 Å². The van der Waals surface area contributed by atoms with Gasteiger partial charge in [-0.2, -0.15) is 0 Å². The van der Waals surface area contributed by atoms with Crippen LogP contribution in [0.2, 0.25) is 0 Å². The Kier molecular flexibility index (Phi) is 6.59. The van der Waals surface area contributed by atoms with Crippen molar-refractivity contribution in [1.82, 2.24) is 4.90 Å². The molecule has 1 aliphatic rings. The first-order valence-corrected chi connectivity index (χ1v) is 7.96. The molecule has 0 bridgehead atoms. The lowest BCUT2D eigenvalue weighted by Crippen LogP contribution is -2.36. The van der Waals surface area contributed by atoms with Crippen molar-refractivity contribution in [1.29, 1.82) is 0 Å². The van der Waals surface area contributed by atoms with E-state index < -0.39 is 0 Å². The van der Waals surface area contributed by atoms with Crippen molar-refractivity contribution in [3.05, 3.63) is 29.8 Å². The fourth-order valence-corrected chi connectivity index (χ4v) is 2.70. The summed E-state index contributed by atoms with van der Waals surface area (Å²) in [4.78, 5) is 2.51. The van der Waals surface area contributed by atoms with E-state index in [1.807, 2.05) is 24.3 Å². The highest BCUT2D eigenvalue weighted by molar-refractivity contribution is 5.38. The molecule has 1 saturated heterocycles. The zero-order valence-corrected chi connectivity index (χ0v) is 13.0. The highest BCUT2D eigenvalue weighted by Gasteiger charge is 2.17. The number of hydrogen-bond acceptors (Lipinski definition) is 3. The molecule has 21 heavy (non-hydrogen) atoms. The average molecular weight is 286 g/mol. The molecule has 0 atom stereocenters. The normalized spacial score (nSPS) is 16.3.